The van der Waals surface area contributed by atoms with Crippen molar-refractivity contribution in [2.45, 2.75) is 6.18 Å². The molecule has 0 aliphatic heterocycles. The number of aliphatic hydroxyl groups is 1. The summed E-state index contributed by atoms with van der Waals surface area (Å²) >= 11 is 0. The van der Waals surface area contributed by atoms with Crippen LogP contribution in [0.4, 0.5) is 13.2 Å². The van der Waals surface area contributed by atoms with Gasteiger partial charge >= 0.3 is 6.18 Å². The fourth-order valence-corrected chi connectivity index (χ4v) is 1.82. The Hall–Kier alpha value is -2.65. The maximum atomic E-state index is 11.0. The van der Waals surface area contributed by atoms with Crippen molar-refractivity contribution >= 4 is 21.8 Å². The molecule has 1 aromatic carbocycles. The van der Waals surface area contributed by atoms with E-state index in [4.69, 9.17) is 5.11 Å². The molecule has 2 aromatic heterocycles. The van der Waals surface area contributed by atoms with E-state index >= 15 is 0 Å². The Morgan fingerprint density at radius 2 is 1.41 bits per heavy atom. The SMILES string of the molecule is OCC#CC(F)(F)F.c1cnc2c(c1)ccc1cccnc12. The van der Waals surface area contributed by atoms with Crippen molar-refractivity contribution in [1.82, 2.24) is 9.97 Å². The zero-order valence-corrected chi connectivity index (χ0v) is 11.3. The van der Waals surface area contributed by atoms with Gasteiger partial charge in [-0.15, -0.1) is 0 Å². The van der Waals surface area contributed by atoms with Crippen LogP contribution in [0.15, 0.2) is 48.8 Å². The van der Waals surface area contributed by atoms with Gasteiger partial charge in [0.2, 0.25) is 0 Å². The third-order valence-corrected chi connectivity index (χ3v) is 2.65. The lowest BCUT2D eigenvalue weighted by molar-refractivity contribution is -0.0698. The molecule has 3 nitrogen and oxygen atoms in total. The van der Waals surface area contributed by atoms with Crippen LogP contribution in [-0.2, 0) is 0 Å². The van der Waals surface area contributed by atoms with Crippen LogP contribution in [0.3, 0.4) is 0 Å². The second kappa shape index (κ2) is 6.87. The minimum absolute atomic E-state index is 0.750. The summed E-state index contributed by atoms with van der Waals surface area (Å²) in [5, 5.41) is 10.0. The lowest BCUT2D eigenvalue weighted by Gasteiger charge is -2.00. The van der Waals surface area contributed by atoms with E-state index in [0.717, 1.165) is 27.7 Å². The molecular formula is C16H11F3N2O. The molecule has 3 rings (SSSR count). The van der Waals surface area contributed by atoms with Gasteiger partial charge in [0.15, 0.2) is 0 Å². The highest BCUT2D eigenvalue weighted by atomic mass is 19.4. The predicted octanol–water partition coefficient (Wildman–Crippen LogP) is 3.33. The maximum absolute atomic E-state index is 11.0. The van der Waals surface area contributed by atoms with Crippen molar-refractivity contribution in [2.75, 3.05) is 6.61 Å². The Bertz CT molecular complexity index is 780. The van der Waals surface area contributed by atoms with Crippen LogP contribution in [0.2, 0.25) is 0 Å². The Labute approximate surface area is 124 Å². The van der Waals surface area contributed by atoms with Crippen molar-refractivity contribution in [2.24, 2.45) is 0 Å². The summed E-state index contributed by atoms with van der Waals surface area (Å²) in [4.78, 5) is 8.69. The molecule has 0 amide bonds. The van der Waals surface area contributed by atoms with Crippen molar-refractivity contribution in [3.05, 3.63) is 48.8 Å². The quantitative estimate of drug-likeness (QED) is 0.512. The molecule has 3 aromatic rings. The zero-order chi connectivity index (χ0) is 16.0. The number of pyridine rings is 2. The molecule has 0 aliphatic carbocycles. The first-order valence-electron chi connectivity index (χ1n) is 6.27. The van der Waals surface area contributed by atoms with Gasteiger partial charge in [-0.25, -0.2) is 0 Å². The minimum Gasteiger partial charge on any atom is -0.384 e. The van der Waals surface area contributed by atoms with Gasteiger partial charge in [-0.05, 0) is 12.1 Å². The number of halogens is 3. The molecule has 0 atom stereocenters. The standard InChI is InChI=1S/C12H8N2.C4H3F3O/c1-3-9-5-6-10-4-2-8-14-12(10)11(9)13-7-1;5-4(6,7)2-1-3-8/h1-8H;8H,3H2. The highest BCUT2D eigenvalue weighted by molar-refractivity contribution is 6.02. The Kier molecular flexibility index (Phi) is 4.92. The normalized spacial score (nSPS) is 10.5. The number of aromatic nitrogens is 2. The van der Waals surface area contributed by atoms with Crippen molar-refractivity contribution in [1.29, 1.82) is 0 Å². The predicted molar refractivity (Wildman–Crippen MR) is 78.0 cm³/mol. The van der Waals surface area contributed by atoms with E-state index in [9.17, 15) is 13.2 Å². The summed E-state index contributed by atoms with van der Waals surface area (Å²) in [5.41, 5.74) is 1.95. The van der Waals surface area contributed by atoms with Gasteiger partial charge < -0.3 is 5.11 Å². The molecular weight excluding hydrogens is 293 g/mol. The van der Waals surface area contributed by atoms with Gasteiger partial charge in [0, 0.05) is 29.1 Å². The average Bonchev–Trinajstić information content (AvgIpc) is 2.53. The Morgan fingerprint density at radius 1 is 0.909 bits per heavy atom. The molecule has 1 N–H and O–H groups in total. The van der Waals surface area contributed by atoms with E-state index < -0.39 is 12.8 Å². The van der Waals surface area contributed by atoms with E-state index in [0.29, 0.717) is 0 Å². The highest BCUT2D eigenvalue weighted by Crippen LogP contribution is 2.20. The van der Waals surface area contributed by atoms with Crippen LogP contribution in [0.1, 0.15) is 0 Å². The van der Waals surface area contributed by atoms with E-state index in [1.807, 2.05) is 12.1 Å². The third-order valence-electron chi connectivity index (χ3n) is 2.65. The van der Waals surface area contributed by atoms with Gasteiger partial charge in [0.25, 0.3) is 0 Å². The second-order valence-electron chi connectivity index (χ2n) is 4.17. The van der Waals surface area contributed by atoms with Crippen molar-refractivity contribution in [3.63, 3.8) is 0 Å². The van der Waals surface area contributed by atoms with Gasteiger partial charge in [-0.3, -0.25) is 9.97 Å². The average molecular weight is 304 g/mol. The van der Waals surface area contributed by atoms with Crippen LogP contribution in [-0.4, -0.2) is 27.9 Å². The van der Waals surface area contributed by atoms with E-state index in [2.05, 4.69) is 34.2 Å². The lowest BCUT2D eigenvalue weighted by Crippen LogP contribution is -2.01. The molecule has 0 saturated carbocycles. The Morgan fingerprint density at radius 3 is 1.77 bits per heavy atom. The molecule has 22 heavy (non-hydrogen) atoms. The number of hydrogen-bond donors (Lipinski definition) is 1. The third kappa shape index (κ3) is 4.17. The van der Waals surface area contributed by atoms with Crippen LogP contribution >= 0.6 is 0 Å². The van der Waals surface area contributed by atoms with Crippen molar-refractivity contribution < 1.29 is 18.3 Å². The van der Waals surface area contributed by atoms with Gasteiger partial charge in [0.05, 0.1) is 11.0 Å². The van der Waals surface area contributed by atoms with Gasteiger partial charge in [0.1, 0.15) is 6.61 Å². The fourth-order valence-electron chi connectivity index (χ4n) is 1.82. The summed E-state index contributed by atoms with van der Waals surface area (Å²) in [6.45, 7) is -0.750. The molecule has 0 unspecified atom stereocenters. The van der Waals surface area contributed by atoms with Crippen LogP contribution in [0.5, 0.6) is 0 Å². The Balaban J connectivity index is 0.000000192. The van der Waals surface area contributed by atoms with Crippen LogP contribution < -0.4 is 0 Å². The molecule has 112 valence electrons. The first-order valence-corrected chi connectivity index (χ1v) is 6.27. The summed E-state index contributed by atoms with van der Waals surface area (Å²) < 4.78 is 32.9. The number of benzene rings is 1. The number of fused-ring (bicyclic) bond motifs is 3. The summed E-state index contributed by atoms with van der Waals surface area (Å²) in [6.07, 6.45) is -0.865. The summed E-state index contributed by atoms with van der Waals surface area (Å²) in [5.74, 6) is 2.34. The maximum Gasteiger partial charge on any atom is 0.457 e. The van der Waals surface area contributed by atoms with Crippen molar-refractivity contribution in [3.8, 4) is 11.8 Å². The first kappa shape index (κ1) is 15.7. The van der Waals surface area contributed by atoms with Gasteiger partial charge in [-0.1, -0.05) is 30.2 Å². The second-order valence-corrected chi connectivity index (χ2v) is 4.17. The molecule has 6 heteroatoms. The first-order chi connectivity index (χ1) is 10.5. The van der Waals surface area contributed by atoms with Crippen LogP contribution in [0, 0.1) is 11.8 Å². The summed E-state index contributed by atoms with van der Waals surface area (Å²) in [6, 6.07) is 12.1. The largest absolute Gasteiger partial charge is 0.457 e. The number of alkyl halides is 3. The monoisotopic (exact) mass is 304 g/mol. The number of hydrogen-bond acceptors (Lipinski definition) is 3. The van der Waals surface area contributed by atoms with E-state index in [1.54, 1.807) is 12.4 Å². The fraction of sp³-hybridized carbons (Fsp3) is 0.125. The molecule has 0 radical (unpaired) electrons. The number of nitrogens with zero attached hydrogens (tertiary/aromatic N) is 2. The molecule has 2 heterocycles. The minimum atomic E-state index is -4.47. The van der Waals surface area contributed by atoms with Crippen LogP contribution in [0.25, 0.3) is 21.8 Å². The zero-order valence-electron chi connectivity index (χ0n) is 11.3. The molecule has 0 bridgehead atoms. The molecule has 0 saturated heterocycles. The molecule has 0 spiro atoms. The highest BCUT2D eigenvalue weighted by Gasteiger charge is 2.22. The summed E-state index contributed by atoms with van der Waals surface area (Å²) in [7, 11) is 0. The number of aliphatic hydroxyl groups excluding tert-OH is 1. The number of rotatable bonds is 0. The van der Waals surface area contributed by atoms with E-state index in [-0.39, 0.29) is 0 Å². The van der Waals surface area contributed by atoms with Gasteiger partial charge in [-0.2, -0.15) is 13.2 Å². The van der Waals surface area contributed by atoms with E-state index in [1.165, 1.54) is 5.92 Å². The molecule has 0 fully saturated rings. The lowest BCUT2D eigenvalue weighted by atomic mass is 10.1. The molecule has 0 aliphatic rings. The topological polar surface area (TPSA) is 46.0 Å². The smallest absolute Gasteiger partial charge is 0.384 e.